The molecule has 0 saturated carbocycles. The third kappa shape index (κ3) is 3.88. The van der Waals surface area contributed by atoms with Crippen LogP contribution in [0.25, 0.3) is 0 Å². The van der Waals surface area contributed by atoms with Gasteiger partial charge >= 0.3 is 5.97 Å². The van der Waals surface area contributed by atoms with Gasteiger partial charge in [-0.05, 0) is 38.3 Å². The minimum atomic E-state index is -0.730. The van der Waals surface area contributed by atoms with Gasteiger partial charge in [0, 0.05) is 6.07 Å². The molecule has 9 nitrogen and oxygen atoms in total. The zero-order valence-corrected chi connectivity index (χ0v) is 14.9. The molecule has 0 bridgehead atoms. The zero-order valence-electron chi connectivity index (χ0n) is 14.9. The fraction of sp³-hybridized carbons (Fsp3) is 0.353. The second-order valence-electron chi connectivity index (χ2n) is 5.70. The molecule has 0 fully saturated rings. The summed E-state index contributed by atoms with van der Waals surface area (Å²) in [6.45, 7) is 6.23. The number of nitrogens with one attached hydrogen (secondary N) is 1. The maximum atomic E-state index is 12.1. The van der Waals surface area contributed by atoms with Gasteiger partial charge in [0.25, 0.3) is 11.6 Å². The van der Waals surface area contributed by atoms with Crippen molar-refractivity contribution in [1.29, 1.82) is 0 Å². The molecule has 1 heterocycles. The molecule has 0 unspecified atom stereocenters. The molecular formula is C17H19N3O6. The molecule has 0 spiro atoms. The number of nitro groups is 1. The van der Waals surface area contributed by atoms with E-state index in [9.17, 15) is 19.7 Å². The molecule has 2 aromatic rings. The lowest BCUT2D eigenvalue weighted by atomic mass is 10.1. The van der Waals surface area contributed by atoms with E-state index in [1.54, 1.807) is 33.8 Å². The number of aromatic nitrogens is 1. The second kappa shape index (κ2) is 7.77. The predicted molar refractivity (Wildman–Crippen MR) is 92.1 cm³/mol. The summed E-state index contributed by atoms with van der Waals surface area (Å²) >= 11 is 0. The summed E-state index contributed by atoms with van der Waals surface area (Å²) in [5, 5.41) is 17.3. The van der Waals surface area contributed by atoms with Crippen LogP contribution in [0.2, 0.25) is 0 Å². The molecule has 1 aromatic heterocycles. The number of esters is 1. The van der Waals surface area contributed by atoms with Gasteiger partial charge in [-0.2, -0.15) is 0 Å². The van der Waals surface area contributed by atoms with Crippen LogP contribution in [0.3, 0.4) is 0 Å². The maximum absolute atomic E-state index is 12.1. The molecule has 0 radical (unpaired) electrons. The molecule has 138 valence electrons. The summed E-state index contributed by atoms with van der Waals surface area (Å²) in [5.74, 6) is -1.11. The monoisotopic (exact) mass is 361 g/mol. The first-order valence-electron chi connectivity index (χ1n) is 7.93. The van der Waals surface area contributed by atoms with Crippen LogP contribution in [0.15, 0.2) is 16.7 Å². The van der Waals surface area contributed by atoms with Gasteiger partial charge < -0.3 is 14.6 Å². The van der Waals surface area contributed by atoms with E-state index >= 15 is 0 Å². The topological polar surface area (TPSA) is 125 Å². The van der Waals surface area contributed by atoms with Gasteiger partial charge in [0.2, 0.25) is 0 Å². The van der Waals surface area contributed by atoms with Crippen LogP contribution in [0, 0.1) is 30.9 Å². The number of anilines is 1. The summed E-state index contributed by atoms with van der Waals surface area (Å²) in [6, 6.07) is 2.92. The lowest BCUT2D eigenvalue weighted by molar-refractivity contribution is -0.384. The van der Waals surface area contributed by atoms with Crippen molar-refractivity contribution in [2.75, 3.05) is 11.9 Å². The quantitative estimate of drug-likeness (QED) is 0.476. The van der Waals surface area contributed by atoms with Gasteiger partial charge in [-0.1, -0.05) is 18.1 Å². The maximum Gasteiger partial charge on any atom is 0.344 e. The van der Waals surface area contributed by atoms with E-state index < -0.39 is 23.4 Å². The van der Waals surface area contributed by atoms with E-state index in [-0.39, 0.29) is 16.9 Å². The third-order valence-corrected chi connectivity index (χ3v) is 3.98. The van der Waals surface area contributed by atoms with Crippen LogP contribution < -0.4 is 5.32 Å². The van der Waals surface area contributed by atoms with E-state index in [0.29, 0.717) is 23.4 Å². The number of rotatable bonds is 6. The minimum absolute atomic E-state index is 0.0893. The van der Waals surface area contributed by atoms with Crippen LogP contribution >= 0.6 is 0 Å². The van der Waals surface area contributed by atoms with Crippen LogP contribution in [-0.2, 0) is 16.0 Å². The normalized spacial score (nSPS) is 10.5. The van der Waals surface area contributed by atoms with Crippen LogP contribution in [-0.4, -0.2) is 28.6 Å². The number of nitro benzene ring substituents is 1. The number of carbonyl (C=O) groups excluding carboxylic acids is 2. The van der Waals surface area contributed by atoms with E-state index in [1.807, 2.05) is 0 Å². The molecule has 0 aliphatic carbocycles. The second-order valence-corrected chi connectivity index (χ2v) is 5.70. The summed E-state index contributed by atoms with van der Waals surface area (Å²) in [4.78, 5) is 34.8. The number of benzene rings is 1. The van der Waals surface area contributed by atoms with Crippen LogP contribution in [0.5, 0.6) is 0 Å². The van der Waals surface area contributed by atoms with Crippen molar-refractivity contribution in [2.24, 2.45) is 0 Å². The first-order chi connectivity index (χ1) is 12.3. The Kier molecular flexibility index (Phi) is 5.71. The summed E-state index contributed by atoms with van der Waals surface area (Å²) in [7, 11) is 0. The molecule has 1 aromatic carbocycles. The Morgan fingerprint density at radius 3 is 2.62 bits per heavy atom. The van der Waals surface area contributed by atoms with Gasteiger partial charge in [-0.15, -0.1) is 0 Å². The van der Waals surface area contributed by atoms with Crippen molar-refractivity contribution in [1.82, 2.24) is 5.16 Å². The number of ether oxygens (including phenoxy) is 1. The van der Waals surface area contributed by atoms with E-state index in [4.69, 9.17) is 9.26 Å². The lowest BCUT2D eigenvalue weighted by Crippen LogP contribution is -2.22. The summed E-state index contributed by atoms with van der Waals surface area (Å²) < 4.78 is 9.95. The number of amides is 1. The largest absolute Gasteiger partial charge is 0.452 e. The fourth-order valence-corrected chi connectivity index (χ4v) is 2.41. The highest BCUT2D eigenvalue weighted by Gasteiger charge is 2.23. The van der Waals surface area contributed by atoms with Crippen molar-refractivity contribution in [3.05, 3.63) is 50.4 Å². The van der Waals surface area contributed by atoms with Crippen molar-refractivity contribution in [2.45, 2.75) is 34.1 Å². The highest BCUT2D eigenvalue weighted by molar-refractivity contribution is 5.98. The summed E-state index contributed by atoms with van der Waals surface area (Å²) in [5.41, 5.74) is 1.86. The van der Waals surface area contributed by atoms with Crippen molar-refractivity contribution >= 4 is 23.3 Å². The van der Waals surface area contributed by atoms with Gasteiger partial charge in [-0.3, -0.25) is 14.9 Å². The SMILES string of the molecule is CCc1noc(C)c1C(=O)OCC(=O)Nc1c([N+](=O)[O-])ccc(C)c1C. The first-order valence-corrected chi connectivity index (χ1v) is 7.93. The average Bonchev–Trinajstić information content (AvgIpc) is 2.97. The highest BCUT2D eigenvalue weighted by atomic mass is 16.6. The molecule has 0 saturated heterocycles. The molecule has 1 N–H and O–H groups in total. The molecule has 0 atom stereocenters. The van der Waals surface area contributed by atoms with E-state index in [1.165, 1.54) is 6.07 Å². The van der Waals surface area contributed by atoms with Crippen molar-refractivity contribution in [3.63, 3.8) is 0 Å². The number of carbonyl (C=O) groups is 2. The predicted octanol–water partition coefficient (Wildman–Crippen LogP) is 2.87. The Hall–Kier alpha value is -3.23. The van der Waals surface area contributed by atoms with Gasteiger partial charge in [-0.25, -0.2) is 4.79 Å². The lowest BCUT2D eigenvalue weighted by Gasteiger charge is -2.11. The van der Waals surface area contributed by atoms with E-state index in [0.717, 1.165) is 5.56 Å². The fourth-order valence-electron chi connectivity index (χ4n) is 2.41. The minimum Gasteiger partial charge on any atom is -0.452 e. The van der Waals surface area contributed by atoms with Crippen LogP contribution in [0.1, 0.15) is 39.9 Å². The Bertz CT molecular complexity index is 872. The zero-order chi connectivity index (χ0) is 19.4. The third-order valence-electron chi connectivity index (χ3n) is 3.98. The Labute approximate surface area is 149 Å². The molecule has 1 amide bonds. The number of hydrogen-bond acceptors (Lipinski definition) is 7. The highest BCUT2D eigenvalue weighted by Crippen LogP contribution is 2.30. The molecule has 9 heteroatoms. The van der Waals surface area contributed by atoms with Gasteiger partial charge in [0.1, 0.15) is 17.0 Å². The van der Waals surface area contributed by atoms with Crippen LogP contribution in [0.4, 0.5) is 11.4 Å². The molecule has 0 aliphatic heterocycles. The Morgan fingerprint density at radius 1 is 1.31 bits per heavy atom. The van der Waals surface area contributed by atoms with Gasteiger partial charge in [0.05, 0.1) is 10.6 Å². The molecule has 2 rings (SSSR count). The number of nitrogens with zero attached hydrogens (tertiary/aromatic N) is 2. The van der Waals surface area contributed by atoms with Crippen molar-refractivity contribution in [3.8, 4) is 0 Å². The average molecular weight is 361 g/mol. The molecular weight excluding hydrogens is 342 g/mol. The molecule has 26 heavy (non-hydrogen) atoms. The Morgan fingerprint density at radius 2 is 2.00 bits per heavy atom. The summed E-state index contributed by atoms with van der Waals surface area (Å²) in [6.07, 6.45) is 0.475. The standard InChI is InChI=1S/C17H19N3O6/c1-5-12-15(11(4)26-19-12)17(22)25-8-14(21)18-16-10(3)9(2)6-7-13(16)20(23)24/h6-7H,5,8H2,1-4H3,(H,18,21). The smallest absolute Gasteiger partial charge is 0.344 e. The molecule has 0 aliphatic rings. The number of aryl methyl sites for hydroxylation is 3. The number of hydrogen-bond donors (Lipinski definition) is 1. The van der Waals surface area contributed by atoms with Gasteiger partial charge in [0.15, 0.2) is 6.61 Å². The first kappa shape index (κ1) is 19.1. The van der Waals surface area contributed by atoms with Crippen molar-refractivity contribution < 1.29 is 23.8 Å². The van der Waals surface area contributed by atoms with E-state index in [2.05, 4.69) is 10.5 Å². The Balaban J connectivity index is 2.10.